The minimum absolute atomic E-state index is 0. The fourth-order valence-corrected chi connectivity index (χ4v) is 0.912. The summed E-state index contributed by atoms with van der Waals surface area (Å²) in [5.41, 5.74) is 0. The van der Waals surface area contributed by atoms with Crippen molar-refractivity contribution >= 4 is 12.4 Å². The van der Waals surface area contributed by atoms with Crippen molar-refractivity contribution in [1.82, 2.24) is 5.32 Å². The molecule has 1 fully saturated rings. The van der Waals surface area contributed by atoms with Gasteiger partial charge in [0.25, 0.3) is 0 Å². The molecule has 0 radical (unpaired) electrons. The summed E-state index contributed by atoms with van der Waals surface area (Å²) in [6.45, 7) is 2.86. The van der Waals surface area contributed by atoms with Gasteiger partial charge in [-0.1, -0.05) is 0 Å². The van der Waals surface area contributed by atoms with Gasteiger partial charge in [0.05, 0.1) is 6.10 Å². The van der Waals surface area contributed by atoms with Crippen LogP contribution in [-0.4, -0.2) is 23.8 Å². The van der Waals surface area contributed by atoms with Gasteiger partial charge in [-0.25, -0.2) is 0 Å². The van der Waals surface area contributed by atoms with Gasteiger partial charge >= 0.3 is 0 Å². The largest absolute Gasteiger partial charge is 0.392 e. The van der Waals surface area contributed by atoms with Crippen LogP contribution in [0.15, 0.2) is 0 Å². The maximum Gasteiger partial charge on any atom is 0.0679 e. The summed E-state index contributed by atoms with van der Waals surface area (Å²) in [4.78, 5) is 0. The molecule has 0 spiro atoms. The van der Waals surface area contributed by atoms with Gasteiger partial charge in [0.15, 0.2) is 0 Å². The van der Waals surface area contributed by atoms with Crippen LogP contribution < -0.4 is 5.32 Å². The Morgan fingerprint density at radius 1 is 1.62 bits per heavy atom. The van der Waals surface area contributed by atoms with Gasteiger partial charge in [0.1, 0.15) is 0 Å². The third-order valence-electron chi connectivity index (χ3n) is 1.33. The van der Waals surface area contributed by atoms with Gasteiger partial charge < -0.3 is 10.4 Å². The molecule has 1 aliphatic heterocycles. The maximum atomic E-state index is 8.84. The van der Waals surface area contributed by atoms with E-state index in [4.69, 9.17) is 5.11 Å². The van der Waals surface area contributed by atoms with Gasteiger partial charge in [0.2, 0.25) is 0 Å². The molecule has 0 amide bonds. The molecule has 2 nitrogen and oxygen atoms in total. The standard InChI is InChI=1S/C5H11NO.ClH/c1-4-2-5(7)3-6-4;/h4-7H,2-3H2,1H3;1H. The summed E-state index contributed by atoms with van der Waals surface area (Å²) in [6.07, 6.45) is 0.829. The quantitative estimate of drug-likeness (QED) is 0.498. The summed E-state index contributed by atoms with van der Waals surface area (Å²) in [7, 11) is 0. The fraction of sp³-hybridized carbons (Fsp3) is 1.00. The lowest BCUT2D eigenvalue weighted by Crippen LogP contribution is -2.17. The molecule has 0 aromatic carbocycles. The lowest BCUT2D eigenvalue weighted by Gasteiger charge is -1.95. The van der Waals surface area contributed by atoms with Crippen molar-refractivity contribution < 1.29 is 5.11 Å². The summed E-state index contributed by atoms with van der Waals surface area (Å²) in [5.74, 6) is 0. The summed E-state index contributed by atoms with van der Waals surface area (Å²) in [6, 6.07) is 0.523. The lowest BCUT2D eigenvalue weighted by molar-refractivity contribution is 0.194. The molecule has 0 saturated carbocycles. The monoisotopic (exact) mass is 137 g/mol. The highest BCUT2D eigenvalue weighted by atomic mass is 35.5. The Balaban J connectivity index is 0.000000490. The van der Waals surface area contributed by atoms with E-state index < -0.39 is 0 Å². The number of β-amino-alcohol motifs (C(OH)–C–C–N with tert-alkyl or cyclic N) is 1. The molecular formula is C5H12ClNO. The van der Waals surface area contributed by atoms with E-state index in [1.54, 1.807) is 0 Å². The third-order valence-corrected chi connectivity index (χ3v) is 1.33. The van der Waals surface area contributed by atoms with E-state index in [9.17, 15) is 0 Å². The van der Waals surface area contributed by atoms with Gasteiger partial charge in [0, 0.05) is 12.6 Å². The number of halogens is 1. The van der Waals surface area contributed by atoms with Crippen LogP contribution >= 0.6 is 12.4 Å². The first kappa shape index (κ1) is 8.21. The van der Waals surface area contributed by atoms with E-state index in [1.165, 1.54) is 0 Å². The molecule has 3 heteroatoms. The molecule has 8 heavy (non-hydrogen) atoms. The third kappa shape index (κ3) is 1.99. The van der Waals surface area contributed by atoms with Crippen LogP contribution in [0.2, 0.25) is 0 Å². The fourth-order valence-electron chi connectivity index (χ4n) is 0.912. The van der Waals surface area contributed by atoms with Crippen LogP contribution in [-0.2, 0) is 0 Å². The molecule has 1 heterocycles. The molecule has 0 aromatic heterocycles. The minimum Gasteiger partial charge on any atom is -0.392 e. The second-order valence-electron chi connectivity index (χ2n) is 2.20. The van der Waals surface area contributed by atoms with Crippen molar-refractivity contribution in [2.24, 2.45) is 0 Å². The topological polar surface area (TPSA) is 32.3 Å². The average Bonchev–Trinajstić information content (AvgIpc) is 1.87. The zero-order valence-electron chi connectivity index (χ0n) is 4.92. The number of nitrogens with one attached hydrogen (secondary N) is 1. The molecule has 0 aromatic rings. The molecule has 2 unspecified atom stereocenters. The Morgan fingerprint density at radius 3 is 2.38 bits per heavy atom. The van der Waals surface area contributed by atoms with E-state index in [0.29, 0.717) is 6.04 Å². The zero-order valence-corrected chi connectivity index (χ0v) is 5.74. The van der Waals surface area contributed by atoms with Crippen molar-refractivity contribution in [2.45, 2.75) is 25.5 Å². The van der Waals surface area contributed by atoms with E-state index in [2.05, 4.69) is 12.2 Å². The Labute approximate surface area is 55.7 Å². The van der Waals surface area contributed by atoms with E-state index in [1.807, 2.05) is 0 Å². The first-order valence-electron chi connectivity index (χ1n) is 2.70. The van der Waals surface area contributed by atoms with E-state index in [-0.39, 0.29) is 18.5 Å². The van der Waals surface area contributed by atoms with Crippen LogP contribution in [0.25, 0.3) is 0 Å². The van der Waals surface area contributed by atoms with Gasteiger partial charge in [-0.15, -0.1) is 12.4 Å². The van der Waals surface area contributed by atoms with Crippen LogP contribution in [0, 0.1) is 0 Å². The Hall–Kier alpha value is 0.210. The lowest BCUT2D eigenvalue weighted by atomic mass is 10.2. The van der Waals surface area contributed by atoms with E-state index in [0.717, 1.165) is 13.0 Å². The second-order valence-corrected chi connectivity index (χ2v) is 2.20. The molecule has 1 rings (SSSR count). The van der Waals surface area contributed by atoms with Gasteiger partial charge in [-0.3, -0.25) is 0 Å². The van der Waals surface area contributed by atoms with Crippen LogP contribution in [0.1, 0.15) is 13.3 Å². The van der Waals surface area contributed by atoms with Crippen molar-refractivity contribution in [1.29, 1.82) is 0 Å². The Bertz CT molecular complexity index is 61.4. The van der Waals surface area contributed by atoms with Gasteiger partial charge in [-0.05, 0) is 13.3 Å². The summed E-state index contributed by atoms with van der Waals surface area (Å²) < 4.78 is 0. The van der Waals surface area contributed by atoms with Crippen molar-refractivity contribution in [3.05, 3.63) is 0 Å². The van der Waals surface area contributed by atoms with Crippen molar-refractivity contribution in [3.8, 4) is 0 Å². The highest BCUT2D eigenvalue weighted by Crippen LogP contribution is 2.03. The smallest absolute Gasteiger partial charge is 0.0679 e. The first-order chi connectivity index (χ1) is 3.29. The van der Waals surface area contributed by atoms with Gasteiger partial charge in [-0.2, -0.15) is 0 Å². The summed E-state index contributed by atoms with van der Waals surface area (Å²) >= 11 is 0. The highest BCUT2D eigenvalue weighted by Gasteiger charge is 2.16. The predicted octanol–water partition coefficient (Wildman–Crippen LogP) is 0.151. The molecule has 0 aliphatic carbocycles. The molecular weight excluding hydrogens is 126 g/mol. The number of aliphatic hydroxyl groups excluding tert-OH is 1. The molecule has 0 bridgehead atoms. The second kappa shape index (κ2) is 3.28. The summed E-state index contributed by atoms with van der Waals surface area (Å²) in [5, 5.41) is 12.0. The van der Waals surface area contributed by atoms with Crippen LogP contribution in [0.5, 0.6) is 0 Å². The SMILES string of the molecule is CC1CC(O)CN1.Cl. The minimum atomic E-state index is -0.0880. The molecule has 2 atom stereocenters. The number of hydrogen-bond acceptors (Lipinski definition) is 2. The molecule has 50 valence electrons. The number of rotatable bonds is 0. The Kier molecular flexibility index (Phi) is 3.36. The highest BCUT2D eigenvalue weighted by molar-refractivity contribution is 5.85. The number of hydrogen-bond donors (Lipinski definition) is 2. The van der Waals surface area contributed by atoms with Crippen LogP contribution in [0.3, 0.4) is 0 Å². The maximum absolute atomic E-state index is 8.84. The average molecular weight is 138 g/mol. The first-order valence-corrected chi connectivity index (χ1v) is 2.70. The zero-order chi connectivity index (χ0) is 5.28. The number of aliphatic hydroxyl groups is 1. The predicted molar refractivity (Wildman–Crippen MR) is 35.3 cm³/mol. The molecule has 2 N–H and O–H groups in total. The van der Waals surface area contributed by atoms with Crippen molar-refractivity contribution in [3.63, 3.8) is 0 Å². The normalized spacial score (nSPS) is 36.8. The molecule has 1 aliphatic rings. The van der Waals surface area contributed by atoms with Crippen molar-refractivity contribution in [2.75, 3.05) is 6.54 Å². The van der Waals surface area contributed by atoms with E-state index >= 15 is 0 Å². The Morgan fingerprint density at radius 2 is 2.25 bits per heavy atom. The molecule has 1 saturated heterocycles. The van der Waals surface area contributed by atoms with Crippen LogP contribution in [0.4, 0.5) is 0 Å².